The van der Waals surface area contributed by atoms with Crippen LogP contribution >= 0.6 is 0 Å². The topological polar surface area (TPSA) is 83.7 Å². The summed E-state index contributed by atoms with van der Waals surface area (Å²) in [4.78, 5) is 31.2. The van der Waals surface area contributed by atoms with Crippen molar-refractivity contribution in [3.05, 3.63) is 71.9 Å². The number of rotatable bonds is 7. The van der Waals surface area contributed by atoms with Gasteiger partial charge in [0.1, 0.15) is 12.2 Å². The molecule has 2 aliphatic rings. The van der Waals surface area contributed by atoms with Gasteiger partial charge in [0, 0.05) is 18.3 Å². The van der Waals surface area contributed by atoms with E-state index in [4.69, 9.17) is 9.47 Å². The molecule has 0 unspecified atom stereocenters. The molecular formula is C27H29N3O4. The fraction of sp³-hybridized carbons (Fsp3) is 0.333. The highest BCUT2D eigenvalue weighted by atomic mass is 16.7. The third-order valence-corrected chi connectivity index (χ3v) is 6.40. The number of carbonyl (C=O) groups is 2. The summed E-state index contributed by atoms with van der Waals surface area (Å²) in [5.41, 5.74) is 3.18. The number of nitrogens with one attached hydrogen (secondary N) is 2. The van der Waals surface area contributed by atoms with Crippen LogP contribution in [0.25, 0.3) is 11.3 Å². The minimum absolute atomic E-state index is 0.0105. The number of fused-ring (bicyclic) bond motifs is 1. The molecular weight excluding hydrogens is 430 g/mol. The molecule has 7 nitrogen and oxygen atoms in total. The van der Waals surface area contributed by atoms with Crippen molar-refractivity contribution in [3.8, 4) is 22.8 Å². The van der Waals surface area contributed by atoms with Crippen molar-refractivity contribution in [2.24, 2.45) is 0 Å². The third-order valence-electron chi connectivity index (χ3n) is 6.40. The first-order valence-electron chi connectivity index (χ1n) is 11.9. The fourth-order valence-electron chi connectivity index (χ4n) is 4.63. The van der Waals surface area contributed by atoms with Crippen LogP contribution in [0.15, 0.2) is 60.7 Å². The second kappa shape index (κ2) is 10.0. The second-order valence-corrected chi connectivity index (χ2v) is 8.90. The van der Waals surface area contributed by atoms with Gasteiger partial charge in [-0.25, -0.2) is 0 Å². The SMILES string of the molecule is O=C(CN(Cc1ccc2c(c1)OCO2)C(=O)c1ccc(-c2ccccc2)[nH]1)NC1CCCCC1. The van der Waals surface area contributed by atoms with Gasteiger partial charge in [0.05, 0.1) is 0 Å². The molecule has 176 valence electrons. The Morgan fingerprint density at radius 2 is 1.74 bits per heavy atom. The van der Waals surface area contributed by atoms with Crippen LogP contribution < -0.4 is 14.8 Å². The molecule has 0 radical (unpaired) electrons. The predicted octanol–water partition coefficient (Wildman–Crippen LogP) is 4.50. The van der Waals surface area contributed by atoms with Gasteiger partial charge in [-0.05, 0) is 48.2 Å². The molecule has 5 rings (SSSR count). The molecule has 3 aromatic rings. The van der Waals surface area contributed by atoms with Crippen LogP contribution in [0.5, 0.6) is 11.5 Å². The summed E-state index contributed by atoms with van der Waals surface area (Å²) in [6.45, 7) is 0.465. The molecule has 7 heteroatoms. The quantitative estimate of drug-likeness (QED) is 0.545. The highest BCUT2D eigenvalue weighted by molar-refractivity contribution is 5.95. The molecule has 1 aliphatic carbocycles. The number of carbonyl (C=O) groups excluding carboxylic acids is 2. The summed E-state index contributed by atoms with van der Waals surface area (Å²) in [7, 11) is 0. The number of amides is 2. The Morgan fingerprint density at radius 3 is 2.56 bits per heavy atom. The van der Waals surface area contributed by atoms with Gasteiger partial charge in [-0.3, -0.25) is 9.59 Å². The van der Waals surface area contributed by atoms with E-state index in [1.165, 1.54) is 6.42 Å². The molecule has 34 heavy (non-hydrogen) atoms. The molecule has 0 bridgehead atoms. The van der Waals surface area contributed by atoms with Gasteiger partial charge in [-0.1, -0.05) is 55.7 Å². The number of hydrogen-bond donors (Lipinski definition) is 2. The molecule has 0 spiro atoms. The van der Waals surface area contributed by atoms with E-state index in [2.05, 4.69) is 10.3 Å². The van der Waals surface area contributed by atoms with Crippen LogP contribution in [0.4, 0.5) is 0 Å². The van der Waals surface area contributed by atoms with Gasteiger partial charge in [0.25, 0.3) is 5.91 Å². The Kier molecular flexibility index (Phi) is 6.51. The van der Waals surface area contributed by atoms with Crippen LogP contribution in [-0.4, -0.2) is 41.1 Å². The number of H-pyrrole nitrogens is 1. The number of ether oxygens (including phenoxy) is 2. The molecule has 0 saturated heterocycles. The van der Waals surface area contributed by atoms with E-state index in [-0.39, 0.29) is 37.7 Å². The average Bonchev–Trinajstić information content (AvgIpc) is 3.54. The lowest BCUT2D eigenvalue weighted by Crippen LogP contribution is -2.44. The first kappa shape index (κ1) is 22.1. The van der Waals surface area contributed by atoms with Crippen LogP contribution in [-0.2, 0) is 11.3 Å². The highest BCUT2D eigenvalue weighted by Gasteiger charge is 2.24. The summed E-state index contributed by atoms with van der Waals surface area (Å²) in [6.07, 6.45) is 5.49. The Labute approximate surface area is 199 Å². The molecule has 1 aromatic heterocycles. The molecule has 2 aromatic carbocycles. The first-order valence-corrected chi connectivity index (χ1v) is 11.9. The van der Waals surface area contributed by atoms with E-state index in [1.54, 1.807) is 11.0 Å². The lowest BCUT2D eigenvalue weighted by Gasteiger charge is -2.26. The maximum Gasteiger partial charge on any atom is 0.271 e. The Bertz CT molecular complexity index is 1150. The first-order chi connectivity index (χ1) is 16.7. The van der Waals surface area contributed by atoms with Crippen molar-refractivity contribution >= 4 is 11.8 Å². The summed E-state index contributed by atoms with van der Waals surface area (Å²) in [6, 6.07) is 19.3. The average molecular weight is 460 g/mol. The van der Waals surface area contributed by atoms with Crippen molar-refractivity contribution in [1.82, 2.24) is 15.2 Å². The van der Waals surface area contributed by atoms with Crippen molar-refractivity contribution in [1.29, 1.82) is 0 Å². The van der Waals surface area contributed by atoms with Gasteiger partial charge in [-0.2, -0.15) is 0 Å². The summed E-state index contributed by atoms with van der Waals surface area (Å²) in [5.74, 6) is 0.991. The number of benzene rings is 2. The third kappa shape index (κ3) is 5.09. The zero-order chi connectivity index (χ0) is 23.3. The molecule has 1 fully saturated rings. The Morgan fingerprint density at radius 1 is 0.941 bits per heavy atom. The fourth-order valence-corrected chi connectivity index (χ4v) is 4.63. The smallest absolute Gasteiger partial charge is 0.271 e. The van der Waals surface area contributed by atoms with E-state index in [0.29, 0.717) is 17.2 Å². The van der Waals surface area contributed by atoms with E-state index in [0.717, 1.165) is 42.5 Å². The van der Waals surface area contributed by atoms with Crippen molar-refractivity contribution in [3.63, 3.8) is 0 Å². The Balaban J connectivity index is 1.34. The van der Waals surface area contributed by atoms with Gasteiger partial charge < -0.3 is 24.7 Å². The molecule has 2 amide bonds. The van der Waals surface area contributed by atoms with Crippen molar-refractivity contribution in [2.45, 2.75) is 44.7 Å². The largest absolute Gasteiger partial charge is 0.454 e. The molecule has 0 atom stereocenters. The molecule has 2 heterocycles. The molecule has 1 aliphatic heterocycles. The van der Waals surface area contributed by atoms with Crippen LogP contribution in [0.1, 0.15) is 48.2 Å². The van der Waals surface area contributed by atoms with E-state index in [9.17, 15) is 9.59 Å². The number of aromatic amines is 1. The summed E-state index contributed by atoms with van der Waals surface area (Å²) < 4.78 is 10.9. The van der Waals surface area contributed by atoms with Gasteiger partial charge in [-0.15, -0.1) is 0 Å². The summed E-state index contributed by atoms with van der Waals surface area (Å²) >= 11 is 0. The standard InChI is InChI=1S/C27H29N3O4/c31-26(28-21-9-5-2-6-10-21)17-30(16-19-11-14-24-25(15-19)34-18-33-24)27(32)23-13-12-22(29-23)20-7-3-1-4-8-20/h1,3-4,7-8,11-15,21,29H,2,5-6,9-10,16-18H2,(H,28,31). The van der Waals surface area contributed by atoms with Crippen molar-refractivity contribution in [2.75, 3.05) is 13.3 Å². The van der Waals surface area contributed by atoms with Gasteiger partial charge in [0.15, 0.2) is 11.5 Å². The normalized spacial score (nSPS) is 15.2. The van der Waals surface area contributed by atoms with E-state index < -0.39 is 0 Å². The van der Waals surface area contributed by atoms with Crippen LogP contribution in [0.2, 0.25) is 0 Å². The monoisotopic (exact) mass is 459 g/mol. The number of hydrogen-bond acceptors (Lipinski definition) is 4. The van der Waals surface area contributed by atoms with Gasteiger partial charge >= 0.3 is 0 Å². The molecule has 2 N–H and O–H groups in total. The van der Waals surface area contributed by atoms with E-state index >= 15 is 0 Å². The second-order valence-electron chi connectivity index (χ2n) is 8.90. The van der Waals surface area contributed by atoms with Crippen LogP contribution in [0, 0.1) is 0 Å². The summed E-state index contributed by atoms with van der Waals surface area (Å²) in [5, 5.41) is 3.13. The number of aromatic nitrogens is 1. The maximum atomic E-state index is 13.5. The highest BCUT2D eigenvalue weighted by Crippen LogP contribution is 2.33. The lowest BCUT2D eigenvalue weighted by atomic mass is 9.95. The minimum Gasteiger partial charge on any atom is -0.454 e. The maximum absolute atomic E-state index is 13.5. The Hall–Kier alpha value is -3.74. The predicted molar refractivity (Wildman–Crippen MR) is 129 cm³/mol. The lowest BCUT2D eigenvalue weighted by molar-refractivity contribution is -0.122. The van der Waals surface area contributed by atoms with Crippen LogP contribution in [0.3, 0.4) is 0 Å². The van der Waals surface area contributed by atoms with Gasteiger partial charge in [0.2, 0.25) is 12.7 Å². The zero-order valence-corrected chi connectivity index (χ0v) is 19.1. The van der Waals surface area contributed by atoms with Crippen molar-refractivity contribution < 1.29 is 19.1 Å². The zero-order valence-electron chi connectivity index (χ0n) is 19.1. The molecule has 1 saturated carbocycles. The number of nitrogens with zero attached hydrogens (tertiary/aromatic N) is 1. The van der Waals surface area contributed by atoms with E-state index in [1.807, 2.05) is 54.6 Å². The minimum atomic E-state index is -0.223.